The van der Waals surface area contributed by atoms with Crippen LogP contribution in [0.2, 0.25) is 0 Å². The van der Waals surface area contributed by atoms with Crippen molar-refractivity contribution < 1.29 is 4.74 Å². The average molecular weight is 294 g/mol. The van der Waals surface area contributed by atoms with E-state index in [0.717, 1.165) is 24.2 Å². The van der Waals surface area contributed by atoms with Crippen molar-refractivity contribution in [2.75, 3.05) is 20.1 Å². The molecule has 0 aromatic carbocycles. The Balaban J connectivity index is 1.76. The Morgan fingerprint density at radius 3 is 2.29 bits per heavy atom. The quantitative estimate of drug-likeness (QED) is 0.866. The molecule has 3 aliphatic rings. The summed E-state index contributed by atoms with van der Waals surface area (Å²) < 4.78 is 6.37. The lowest BCUT2D eigenvalue weighted by molar-refractivity contribution is -0.102. The third-order valence-electron chi connectivity index (χ3n) is 6.83. The molecule has 0 amide bonds. The van der Waals surface area contributed by atoms with Crippen LogP contribution in [0.15, 0.2) is 0 Å². The first-order valence-corrected chi connectivity index (χ1v) is 8.81. The number of hydrogen-bond donors (Lipinski definition) is 1. The minimum atomic E-state index is -0.183. The summed E-state index contributed by atoms with van der Waals surface area (Å²) in [6.45, 7) is 10.7. The largest absolute Gasteiger partial charge is 0.368 e. The zero-order valence-electron chi connectivity index (χ0n) is 14.6. The van der Waals surface area contributed by atoms with Crippen LogP contribution in [0, 0.1) is 17.8 Å². The normalized spacial score (nSPS) is 43.9. The van der Waals surface area contributed by atoms with E-state index < -0.39 is 0 Å². The fraction of sp³-hybridized carbons (Fsp3) is 1.00. The standard InChI is InChI=1S/C18H34N2O/c1-16(2)11-18(12-19,17(3,4)21-16)20(5)10-15-9-13-6-7-14(15)8-13/h13-15H,6-12,19H2,1-5H3. The van der Waals surface area contributed by atoms with E-state index in [1.807, 2.05) is 0 Å². The molecule has 1 saturated heterocycles. The Bertz CT molecular complexity index is 406. The fourth-order valence-electron chi connectivity index (χ4n) is 5.93. The molecule has 1 heterocycles. The van der Waals surface area contributed by atoms with Gasteiger partial charge >= 0.3 is 0 Å². The minimum Gasteiger partial charge on any atom is -0.368 e. The van der Waals surface area contributed by atoms with Crippen LogP contribution in [-0.4, -0.2) is 41.8 Å². The molecule has 0 spiro atoms. The van der Waals surface area contributed by atoms with Gasteiger partial charge in [-0.2, -0.15) is 0 Å². The second-order valence-corrected chi connectivity index (χ2v) is 9.10. The van der Waals surface area contributed by atoms with Crippen molar-refractivity contribution in [3.05, 3.63) is 0 Å². The van der Waals surface area contributed by atoms with Crippen molar-refractivity contribution in [3.63, 3.8) is 0 Å². The van der Waals surface area contributed by atoms with Gasteiger partial charge in [0.05, 0.1) is 16.7 Å². The second kappa shape index (κ2) is 4.94. The molecule has 4 unspecified atom stereocenters. The lowest BCUT2D eigenvalue weighted by Gasteiger charge is -2.47. The molecule has 3 nitrogen and oxygen atoms in total. The van der Waals surface area contributed by atoms with Crippen LogP contribution in [-0.2, 0) is 4.74 Å². The van der Waals surface area contributed by atoms with Crippen LogP contribution in [0.3, 0.4) is 0 Å². The summed E-state index contributed by atoms with van der Waals surface area (Å²) in [7, 11) is 2.28. The van der Waals surface area contributed by atoms with Gasteiger partial charge in [-0.25, -0.2) is 0 Å². The highest BCUT2D eigenvalue weighted by Gasteiger charge is 2.59. The van der Waals surface area contributed by atoms with Gasteiger partial charge in [0.25, 0.3) is 0 Å². The molecule has 3 heteroatoms. The predicted octanol–water partition coefficient (Wildman–Crippen LogP) is 3.03. The first-order chi connectivity index (χ1) is 9.69. The topological polar surface area (TPSA) is 38.5 Å². The van der Waals surface area contributed by atoms with Crippen LogP contribution in [0.1, 0.15) is 59.8 Å². The molecule has 122 valence electrons. The van der Waals surface area contributed by atoms with Gasteiger partial charge in [0.15, 0.2) is 0 Å². The lowest BCUT2D eigenvalue weighted by atomic mass is 9.76. The van der Waals surface area contributed by atoms with E-state index in [1.54, 1.807) is 0 Å². The van der Waals surface area contributed by atoms with E-state index in [0.29, 0.717) is 6.54 Å². The van der Waals surface area contributed by atoms with Gasteiger partial charge in [0.2, 0.25) is 0 Å². The number of fused-ring (bicyclic) bond motifs is 2. The fourth-order valence-corrected chi connectivity index (χ4v) is 5.93. The summed E-state index contributed by atoms with van der Waals surface area (Å²) in [5.74, 6) is 2.88. The molecule has 4 atom stereocenters. The van der Waals surface area contributed by atoms with Crippen molar-refractivity contribution >= 4 is 0 Å². The van der Waals surface area contributed by atoms with Gasteiger partial charge < -0.3 is 10.5 Å². The summed E-state index contributed by atoms with van der Waals surface area (Å²) in [5, 5.41) is 0. The Morgan fingerprint density at radius 2 is 1.86 bits per heavy atom. The molecule has 0 radical (unpaired) electrons. The molecule has 21 heavy (non-hydrogen) atoms. The number of ether oxygens (including phenoxy) is 1. The summed E-state index contributed by atoms with van der Waals surface area (Å²) in [6, 6.07) is 0. The van der Waals surface area contributed by atoms with E-state index in [-0.39, 0.29) is 16.7 Å². The van der Waals surface area contributed by atoms with Crippen LogP contribution >= 0.6 is 0 Å². The molecule has 2 aliphatic carbocycles. The smallest absolute Gasteiger partial charge is 0.0829 e. The van der Waals surface area contributed by atoms with Gasteiger partial charge in [-0.3, -0.25) is 4.90 Å². The maximum Gasteiger partial charge on any atom is 0.0829 e. The Hall–Kier alpha value is -0.120. The predicted molar refractivity (Wildman–Crippen MR) is 87.2 cm³/mol. The molecule has 3 rings (SSSR count). The van der Waals surface area contributed by atoms with Crippen molar-refractivity contribution in [1.82, 2.24) is 4.90 Å². The first-order valence-electron chi connectivity index (χ1n) is 8.81. The Kier molecular flexibility index (Phi) is 3.71. The van der Waals surface area contributed by atoms with E-state index >= 15 is 0 Å². The Labute approximate surface area is 130 Å². The zero-order valence-corrected chi connectivity index (χ0v) is 14.6. The summed E-state index contributed by atoms with van der Waals surface area (Å²) in [4.78, 5) is 2.56. The number of nitrogens with zero attached hydrogens (tertiary/aromatic N) is 1. The van der Waals surface area contributed by atoms with Crippen LogP contribution in [0.25, 0.3) is 0 Å². The molecule has 2 N–H and O–H groups in total. The highest BCUT2D eigenvalue weighted by molar-refractivity contribution is 5.13. The molecule has 3 fully saturated rings. The van der Waals surface area contributed by atoms with Crippen molar-refractivity contribution in [2.45, 2.75) is 76.5 Å². The van der Waals surface area contributed by atoms with E-state index in [1.165, 1.54) is 32.2 Å². The highest BCUT2D eigenvalue weighted by Crippen LogP contribution is 2.51. The number of rotatable bonds is 4. The maximum absolute atomic E-state index is 6.37. The van der Waals surface area contributed by atoms with Gasteiger partial charge in [0, 0.05) is 13.1 Å². The third-order valence-corrected chi connectivity index (χ3v) is 6.83. The van der Waals surface area contributed by atoms with Gasteiger partial charge in [-0.05, 0) is 78.2 Å². The number of hydrogen-bond acceptors (Lipinski definition) is 3. The van der Waals surface area contributed by atoms with Crippen LogP contribution in [0.5, 0.6) is 0 Å². The van der Waals surface area contributed by atoms with Gasteiger partial charge in [-0.1, -0.05) is 6.42 Å². The van der Waals surface area contributed by atoms with E-state index in [4.69, 9.17) is 10.5 Å². The molecule has 1 aliphatic heterocycles. The average Bonchev–Trinajstić information content (AvgIpc) is 3.00. The molecule has 2 saturated carbocycles. The Morgan fingerprint density at radius 1 is 1.14 bits per heavy atom. The van der Waals surface area contributed by atoms with Crippen molar-refractivity contribution in [2.24, 2.45) is 23.5 Å². The van der Waals surface area contributed by atoms with E-state index in [2.05, 4.69) is 39.6 Å². The number of nitrogens with two attached hydrogens (primary N) is 1. The SMILES string of the molecule is CN(CC1CC2CCC1C2)C1(CN)CC(C)(C)OC1(C)C. The maximum atomic E-state index is 6.37. The lowest BCUT2D eigenvalue weighted by Crippen LogP contribution is -2.63. The monoisotopic (exact) mass is 294 g/mol. The molecular weight excluding hydrogens is 260 g/mol. The number of likely N-dealkylation sites (N-methyl/N-ethyl adjacent to an activating group) is 1. The molecular formula is C18H34N2O. The summed E-state index contributed by atoms with van der Waals surface area (Å²) in [5.41, 5.74) is 6.01. The molecule has 2 bridgehead atoms. The molecule has 0 aromatic rings. The van der Waals surface area contributed by atoms with Gasteiger partial charge in [-0.15, -0.1) is 0 Å². The van der Waals surface area contributed by atoms with Crippen molar-refractivity contribution in [3.8, 4) is 0 Å². The summed E-state index contributed by atoms with van der Waals surface area (Å²) in [6.07, 6.45) is 6.90. The van der Waals surface area contributed by atoms with Crippen LogP contribution in [0.4, 0.5) is 0 Å². The zero-order chi connectivity index (χ0) is 15.5. The highest BCUT2D eigenvalue weighted by atomic mass is 16.5. The summed E-state index contributed by atoms with van der Waals surface area (Å²) >= 11 is 0. The van der Waals surface area contributed by atoms with Crippen molar-refractivity contribution in [1.29, 1.82) is 0 Å². The molecule has 0 aromatic heterocycles. The first kappa shape index (κ1) is 15.8. The second-order valence-electron chi connectivity index (χ2n) is 9.10. The van der Waals surface area contributed by atoms with Gasteiger partial charge in [0.1, 0.15) is 0 Å². The minimum absolute atomic E-state index is 0.0294. The van der Waals surface area contributed by atoms with Crippen LogP contribution < -0.4 is 5.73 Å². The third kappa shape index (κ3) is 2.46. The van der Waals surface area contributed by atoms with E-state index in [9.17, 15) is 0 Å².